The van der Waals surface area contributed by atoms with Gasteiger partial charge in [0.15, 0.2) is 0 Å². The van der Waals surface area contributed by atoms with Crippen LogP contribution >= 0.6 is 0 Å². The first-order chi connectivity index (χ1) is 7.96. The molecule has 0 saturated heterocycles. The molecule has 0 bridgehead atoms. The Bertz CT molecular complexity index is 573. The van der Waals surface area contributed by atoms with Crippen molar-refractivity contribution in [3.8, 4) is 0 Å². The van der Waals surface area contributed by atoms with Gasteiger partial charge in [0.2, 0.25) is 10.0 Å². The SMILES string of the molecule is CCc1ccc2c(c1)N(S(C)(=O)=O)CC21CC1. The van der Waals surface area contributed by atoms with E-state index in [0.29, 0.717) is 6.54 Å². The number of aryl methyl sites for hydroxylation is 1. The highest BCUT2D eigenvalue weighted by atomic mass is 32.2. The van der Waals surface area contributed by atoms with Crippen molar-refractivity contribution in [2.45, 2.75) is 31.6 Å². The van der Waals surface area contributed by atoms with Crippen LogP contribution in [-0.2, 0) is 21.9 Å². The average Bonchev–Trinajstić information content (AvgIpc) is 2.96. The molecule has 92 valence electrons. The molecular formula is C13H17NO2S. The molecule has 1 heterocycles. The van der Waals surface area contributed by atoms with Gasteiger partial charge in [0.1, 0.15) is 0 Å². The lowest BCUT2D eigenvalue weighted by Crippen LogP contribution is -2.30. The molecule has 1 aromatic rings. The number of hydrogen-bond donors (Lipinski definition) is 0. The first-order valence-corrected chi connectivity index (χ1v) is 7.92. The van der Waals surface area contributed by atoms with Crippen molar-refractivity contribution in [1.82, 2.24) is 0 Å². The van der Waals surface area contributed by atoms with E-state index in [9.17, 15) is 8.42 Å². The Morgan fingerprint density at radius 3 is 2.59 bits per heavy atom. The van der Waals surface area contributed by atoms with E-state index in [2.05, 4.69) is 19.1 Å². The Morgan fingerprint density at radius 2 is 2.06 bits per heavy atom. The van der Waals surface area contributed by atoms with Gasteiger partial charge in [0.05, 0.1) is 11.9 Å². The molecule has 17 heavy (non-hydrogen) atoms. The minimum Gasteiger partial charge on any atom is -0.269 e. The van der Waals surface area contributed by atoms with Gasteiger partial charge in [-0.2, -0.15) is 0 Å². The van der Waals surface area contributed by atoms with Crippen molar-refractivity contribution in [1.29, 1.82) is 0 Å². The van der Waals surface area contributed by atoms with Crippen LogP contribution in [0.3, 0.4) is 0 Å². The Kier molecular flexibility index (Phi) is 2.12. The van der Waals surface area contributed by atoms with Crippen molar-refractivity contribution >= 4 is 15.7 Å². The number of benzene rings is 1. The van der Waals surface area contributed by atoms with Crippen LogP contribution in [0.4, 0.5) is 5.69 Å². The summed E-state index contributed by atoms with van der Waals surface area (Å²) in [5.41, 5.74) is 3.50. The van der Waals surface area contributed by atoms with Crippen molar-refractivity contribution in [2.75, 3.05) is 17.1 Å². The largest absolute Gasteiger partial charge is 0.269 e. The van der Waals surface area contributed by atoms with E-state index in [4.69, 9.17) is 0 Å². The molecular weight excluding hydrogens is 234 g/mol. The number of sulfonamides is 1. The van der Waals surface area contributed by atoms with E-state index in [1.54, 1.807) is 4.31 Å². The number of hydrogen-bond acceptors (Lipinski definition) is 2. The van der Waals surface area contributed by atoms with Crippen LogP contribution in [-0.4, -0.2) is 21.2 Å². The fourth-order valence-electron chi connectivity index (χ4n) is 2.77. The summed E-state index contributed by atoms with van der Waals surface area (Å²) in [6.45, 7) is 2.74. The summed E-state index contributed by atoms with van der Waals surface area (Å²) in [4.78, 5) is 0. The third-order valence-corrected chi connectivity index (χ3v) is 5.14. The van der Waals surface area contributed by atoms with Crippen LogP contribution < -0.4 is 4.31 Å². The normalized spacial score (nSPS) is 20.7. The van der Waals surface area contributed by atoms with E-state index in [1.165, 1.54) is 17.4 Å². The number of rotatable bonds is 2. The molecule has 1 aliphatic carbocycles. The van der Waals surface area contributed by atoms with Crippen LogP contribution in [0.25, 0.3) is 0 Å². The predicted octanol–water partition coefficient (Wildman–Crippen LogP) is 2.06. The van der Waals surface area contributed by atoms with Gasteiger partial charge in [-0.25, -0.2) is 8.42 Å². The summed E-state index contributed by atoms with van der Waals surface area (Å²) in [7, 11) is -3.14. The second kappa shape index (κ2) is 3.25. The van der Waals surface area contributed by atoms with Gasteiger partial charge in [-0.3, -0.25) is 4.31 Å². The molecule has 1 saturated carbocycles. The van der Waals surface area contributed by atoms with Crippen LogP contribution in [0, 0.1) is 0 Å². The van der Waals surface area contributed by atoms with Crippen LogP contribution in [0.1, 0.15) is 30.9 Å². The van der Waals surface area contributed by atoms with E-state index < -0.39 is 10.0 Å². The molecule has 1 spiro atoms. The first-order valence-electron chi connectivity index (χ1n) is 6.07. The van der Waals surface area contributed by atoms with Gasteiger partial charge >= 0.3 is 0 Å². The molecule has 4 heteroatoms. The lowest BCUT2D eigenvalue weighted by atomic mass is 9.97. The maximum absolute atomic E-state index is 11.8. The van der Waals surface area contributed by atoms with Gasteiger partial charge in [0, 0.05) is 12.0 Å². The molecule has 1 aromatic carbocycles. The topological polar surface area (TPSA) is 37.4 Å². The summed E-state index contributed by atoms with van der Waals surface area (Å²) < 4.78 is 25.3. The predicted molar refractivity (Wildman–Crippen MR) is 68.9 cm³/mol. The Labute approximate surface area is 102 Å². The Morgan fingerprint density at radius 1 is 1.35 bits per heavy atom. The molecule has 0 radical (unpaired) electrons. The zero-order valence-electron chi connectivity index (χ0n) is 10.2. The molecule has 3 rings (SSSR count). The number of fused-ring (bicyclic) bond motifs is 2. The molecule has 1 aliphatic heterocycles. The van der Waals surface area contributed by atoms with E-state index in [-0.39, 0.29) is 5.41 Å². The monoisotopic (exact) mass is 251 g/mol. The molecule has 0 amide bonds. The average molecular weight is 251 g/mol. The van der Waals surface area contributed by atoms with Gasteiger partial charge in [-0.1, -0.05) is 19.1 Å². The standard InChI is InChI=1S/C13H17NO2S/c1-3-10-4-5-11-12(8-10)14(17(2,15)16)9-13(11)6-7-13/h4-5,8H,3,6-7,9H2,1-2H3. The molecule has 0 aromatic heterocycles. The maximum Gasteiger partial charge on any atom is 0.232 e. The first kappa shape index (κ1) is 11.1. The maximum atomic E-state index is 11.8. The number of anilines is 1. The van der Waals surface area contributed by atoms with Crippen molar-refractivity contribution in [3.05, 3.63) is 29.3 Å². The highest BCUT2D eigenvalue weighted by Crippen LogP contribution is 2.57. The molecule has 0 unspecified atom stereocenters. The quantitative estimate of drug-likeness (QED) is 0.807. The third kappa shape index (κ3) is 1.58. The van der Waals surface area contributed by atoms with Crippen molar-refractivity contribution in [2.24, 2.45) is 0 Å². The highest BCUT2D eigenvalue weighted by Gasteiger charge is 2.53. The molecule has 0 atom stereocenters. The zero-order valence-corrected chi connectivity index (χ0v) is 11.0. The second-order valence-electron chi connectivity index (χ2n) is 5.26. The minimum absolute atomic E-state index is 0.144. The van der Waals surface area contributed by atoms with E-state index >= 15 is 0 Å². The van der Waals surface area contributed by atoms with Gasteiger partial charge in [0.25, 0.3) is 0 Å². The van der Waals surface area contributed by atoms with Crippen LogP contribution in [0.2, 0.25) is 0 Å². The summed E-state index contributed by atoms with van der Waals surface area (Å²) in [5, 5.41) is 0. The van der Waals surface area contributed by atoms with Crippen molar-refractivity contribution in [3.63, 3.8) is 0 Å². The zero-order chi connectivity index (χ0) is 12.3. The van der Waals surface area contributed by atoms with Gasteiger partial charge in [-0.15, -0.1) is 0 Å². The number of nitrogens with zero attached hydrogens (tertiary/aromatic N) is 1. The molecule has 2 aliphatic rings. The Balaban J connectivity index is 2.17. The summed E-state index contributed by atoms with van der Waals surface area (Å²) >= 11 is 0. The molecule has 0 N–H and O–H groups in total. The summed E-state index contributed by atoms with van der Waals surface area (Å²) in [5.74, 6) is 0. The lowest BCUT2D eigenvalue weighted by Gasteiger charge is -2.17. The van der Waals surface area contributed by atoms with Gasteiger partial charge in [-0.05, 0) is 36.5 Å². The lowest BCUT2D eigenvalue weighted by molar-refractivity contribution is 0.594. The smallest absolute Gasteiger partial charge is 0.232 e. The Hall–Kier alpha value is -1.03. The van der Waals surface area contributed by atoms with Crippen molar-refractivity contribution < 1.29 is 8.42 Å². The molecule has 3 nitrogen and oxygen atoms in total. The fraction of sp³-hybridized carbons (Fsp3) is 0.538. The summed E-state index contributed by atoms with van der Waals surface area (Å²) in [6.07, 6.45) is 4.49. The molecule has 1 fully saturated rings. The van der Waals surface area contributed by atoms with Crippen LogP contribution in [0.5, 0.6) is 0 Å². The third-order valence-electron chi connectivity index (χ3n) is 4.01. The fourth-order valence-corrected chi connectivity index (χ4v) is 3.76. The highest BCUT2D eigenvalue weighted by molar-refractivity contribution is 7.92. The minimum atomic E-state index is -3.14. The van der Waals surface area contributed by atoms with E-state index in [0.717, 1.165) is 24.9 Å². The summed E-state index contributed by atoms with van der Waals surface area (Å²) in [6, 6.07) is 6.31. The van der Waals surface area contributed by atoms with Crippen LogP contribution in [0.15, 0.2) is 18.2 Å². The van der Waals surface area contributed by atoms with Gasteiger partial charge < -0.3 is 0 Å². The second-order valence-corrected chi connectivity index (χ2v) is 7.16. The van der Waals surface area contributed by atoms with E-state index in [1.807, 2.05) is 6.07 Å².